The first-order chi connectivity index (χ1) is 5.37. The van der Waals surface area contributed by atoms with Crippen LogP contribution in [0.15, 0.2) is 0 Å². The standard InChI is InChI=1S/C6H6F3NO2/c7-6(8,9)3-4(1-2-10)5(11)12/h4H,1,3H2,(H,11,12)/t4-/m0/s1. The molecule has 0 aromatic rings. The number of hydrogen-bond donors (Lipinski definition) is 1. The van der Waals surface area contributed by atoms with Gasteiger partial charge in [0.05, 0.1) is 18.4 Å². The van der Waals surface area contributed by atoms with Crippen molar-refractivity contribution < 1.29 is 23.1 Å². The van der Waals surface area contributed by atoms with Gasteiger partial charge >= 0.3 is 12.1 Å². The molecule has 0 saturated carbocycles. The van der Waals surface area contributed by atoms with Gasteiger partial charge in [-0.3, -0.25) is 4.79 Å². The average molecular weight is 181 g/mol. The summed E-state index contributed by atoms with van der Waals surface area (Å²) in [4.78, 5) is 10.1. The molecule has 0 amide bonds. The molecule has 0 aromatic heterocycles. The maximum atomic E-state index is 11.6. The van der Waals surface area contributed by atoms with Crippen molar-refractivity contribution in [2.75, 3.05) is 0 Å². The Hall–Kier alpha value is -1.25. The molecule has 1 N–H and O–H groups in total. The number of nitriles is 1. The highest BCUT2D eigenvalue weighted by molar-refractivity contribution is 5.70. The highest BCUT2D eigenvalue weighted by Crippen LogP contribution is 2.26. The third-order valence-electron chi connectivity index (χ3n) is 1.16. The van der Waals surface area contributed by atoms with E-state index in [4.69, 9.17) is 10.4 Å². The molecule has 0 unspecified atom stereocenters. The lowest BCUT2D eigenvalue weighted by Gasteiger charge is -2.10. The maximum absolute atomic E-state index is 11.6. The Balaban J connectivity index is 4.16. The number of rotatable bonds is 3. The monoisotopic (exact) mass is 181 g/mol. The lowest BCUT2D eigenvalue weighted by molar-refractivity contribution is -0.163. The van der Waals surface area contributed by atoms with E-state index in [2.05, 4.69) is 0 Å². The van der Waals surface area contributed by atoms with Crippen LogP contribution < -0.4 is 0 Å². The predicted octanol–water partition coefficient (Wildman–Crippen LogP) is 1.55. The van der Waals surface area contributed by atoms with E-state index in [0.29, 0.717) is 0 Å². The van der Waals surface area contributed by atoms with Crippen LogP contribution in [0.1, 0.15) is 12.8 Å². The second kappa shape index (κ2) is 3.95. The van der Waals surface area contributed by atoms with Gasteiger partial charge in [0.15, 0.2) is 0 Å². The van der Waals surface area contributed by atoms with Gasteiger partial charge < -0.3 is 5.11 Å². The summed E-state index contributed by atoms with van der Waals surface area (Å²) in [6.45, 7) is 0. The molecule has 0 radical (unpaired) electrons. The molecule has 0 heterocycles. The van der Waals surface area contributed by atoms with E-state index >= 15 is 0 Å². The van der Waals surface area contributed by atoms with Gasteiger partial charge in [-0.05, 0) is 0 Å². The molecule has 0 rings (SSSR count). The third-order valence-corrected chi connectivity index (χ3v) is 1.16. The largest absolute Gasteiger partial charge is 0.481 e. The Bertz CT molecular complexity index is 206. The molecule has 68 valence electrons. The first-order valence-corrected chi connectivity index (χ1v) is 3.03. The van der Waals surface area contributed by atoms with Crippen LogP contribution in [0, 0.1) is 17.2 Å². The summed E-state index contributed by atoms with van der Waals surface area (Å²) in [5, 5.41) is 16.2. The minimum atomic E-state index is -4.53. The van der Waals surface area contributed by atoms with Gasteiger partial charge in [0.2, 0.25) is 0 Å². The zero-order valence-electron chi connectivity index (χ0n) is 5.93. The van der Waals surface area contributed by atoms with Crippen LogP contribution in [-0.2, 0) is 4.79 Å². The second-order valence-corrected chi connectivity index (χ2v) is 2.22. The minimum absolute atomic E-state index is 0.616. The Morgan fingerprint density at radius 2 is 2.08 bits per heavy atom. The van der Waals surface area contributed by atoms with Gasteiger partial charge in [0, 0.05) is 6.42 Å². The summed E-state index contributed by atoms with van der Waals surface area (Å²) < 4.78 is 34.8. The van der Waals surface area contributed by atoms with Gasteiger partial charge in [-0.1, -0.05) is 0 Å². The van der Waals surface area contributed by atoms with Gasteiger partial charge in [-0.15, -0.1) is 0 Å². The van der Waals surface area contributed by atoms with Crippen molar-refractivity contribution >= 4 is 5.97 Å². The number of nitrogens with zero attached hydrogens (tertiary/aromatic N) is 1. The summed E-state index contributed by atoms with van der Waals surface area (Å²) in [5.74, 6) is -3.23. The molecule has 0 spiro atoms. The number of hydrogen-bond acceptors (Lipinski definition) is 2. The number of halogens is 3. The van der Waals surface area contributed by atoms with Crippen molar-refractivity contribution in [1.82, 2.24) is 0 Å². The number of aliphatic carboxylic acids is 1. The molecular formula is C6H6F3NO2. The summed E-state index contributed by atoms with van der Waals surface area (Å²) >= 11 is 0. The third kappa shape index (κ3) is 4.55. The number of carboxylic acids is 1. The number of carbonyl (C=O) groups is 1. The molecule has 0 aliphatic heterocycles. The average Bonchev–Trinajstić information content (AvgIpc) is 1.83. The van der Waals surface area contributed by atoms with Crippen molar-refractivity contribution in [3.63, 3.8) is 0 Å². The van der Waals surface area contributed by atoms with Crippen LogP contribution in [0.5, 0.6) is 0 Å². The first kappa shape index (κ1) is 10.8. The predicted molar refractivity (Wildman–Crippen MR) is 32.0 cm³/mol. The summed E-state index contributed by atoms with van der Waals surface area (Å²) in [5.41, 5.74) is 0. The fourth-order valence-electron chi connectivity index (χ4n) is 0.636. The van der Waals surface area contributed by atoms with Gasteiger partial charge in [0.25, 0.3) is 0 Å². The molecule has 1 atom stereocenters. The molecule has 0 saturated heterocycles. The highest BCUT2D eigenvalue weighted by atomic mass is 19.4. The summed E-state index contributed by atoms with van der Waals surface area (Å²) in [7, 11) is 0. The highest BCUT2D eigenvalue weighted by Gasteiger charge is 2.35. The van der Waals surface area contributed by atoms with Crippen LogP contribution in [0.25, 0.3) is 0 Å². The van der Waals surface area contributed by atoms with E-state index in [1.165, 1.54) is 6.07 Å². The molecular weight excluding hydrogens is 175 g/mol. The van der Waals surface area contributed by atoms with Gasteiger partial charge in [-0.25, -0.2) is 0 Å². The van der Waals surface area contributed by atoms with Crippen LogP contribution >= 0.6 is 0 Å². The van der Waals surface area contributed by atoms with Crippen molar-refractivity contribution in [2.45, 2.75) is 19.0 Å². The van der Waals surface area contributed by atoms with Crippen molar-refractivity contribution in [1.29, 1.82) is 5.26 Å². The molecule has 12 heavy (non-hydrogen) atoms. The zero-order valence-corrected chi connectivity index (χ0v) is 5.93. The smallest absolute Gasteiger partial charge is 0.389 e. The molecule has 3 nitrogen and oxygen atoms in total. The molecule has 0 aliphatic carbocycles. The van der Waals surface area contributed by atoms with Crippen LogP contribution in [-0.4, -0.2) is 17.3 Å². The fraction of sp³-hybridized carbons (Fsp3) is 0.667. The lowest BCUT2D eigenvalue weighted by atomic mass is 10.0. The SMILES string of the molecule is N#CC[C@@H](CC(F)(F)F)C(=O)O. The Morgan fingerprint density at radius 3 is 2.33 bits per heavy atom. The summed E-state index contributed by atoms with van der Waals surface area (Å²) in [6, 6.07) is 1.39. The van der Waals surface area contributed by atoms with Gasteiger partial charge in [0.1, 0.15) is 0 Å². The molecule has 0 aliphatic rings. The molecule has 0 fully saturated rings. The number of carboxylic acid groups (broad SMARTS) is 1. The van der Waals surface area contributed by atoms with Crippen LogP contribution in [0.3, 0.4) is 0 Å². The van der Waals surface area contributed by atoms with E-state index < -0.39 is 30.9 Å². The van der Waals surface area contributed by atoms with Crippen LogP contribution in [0.2, 0.25) is 0 Å². The second-order valence-electron chi connectivity index (χ2n) is 2.22. The van der Waals surface area contributed by atoms with E-state index in [9.17, 15) is 18.0 Å². The van der Waals surface area contributed by atoms with E-state index in [0.717, 1.165) is 0 Å². The van der Waals surface area contributed by atoms with E-state index in [1.807, 2.05) is 0 Å². The quantitative estimate of drug-likeness (QED) is 0.718. The topological polar surface area (TPSA) is 61.1 Å². The molecule has 0 bridgehead atoms. The normalized spacial score (nSPS) is 13.5. The van der Waals surface area contributed by atoms with E-state index in [1.54, 1.807) is 0 Å². The zero-order chi connectivity index (χ0) is 9.78. The van der Waals surface area contributed by atoms with Crippen molar-refractivity contribution in [2.24, 2.45) is 5.92 Å². The summed E-state index contributed by atoms with van der Waals surface area (Å²) in [6.07, 6.45) is -6.59. The van der Waals surface area contributed by atoms with Crippen LogP contribution in [0.4, 0.5) is 13.2 Å². The van der Waals surface area contributed by atoms with Gasteiger partial charge in [-0.2, -0.15) is 18.4 Å². The van der Waals surface area contributed by atoms with Crippen molar-refractivity contribution in [3.8, 4) is 6.07 Å². The minimum Gasteiger partial charge on any atom is -0.481 e. The van der Waals surface area contributed by atoms with E-state index in [-0.39, 0.29) is 0 Å². The molecule has 0 aromatic carbocycles. The molecule has 6 heteroatoms. The first-order valence-electron chi connectivity index (χ1n) is 3.03. The van der Waals surface area contributed by atoms with Crippen molar-refractivity contribution in [3.05, 3.63) is 0 Å². The Labute approximate surface area is 66.4 Å². The lowest BCUT2D eigenvalue weighted by Crippen LogP contribution is -2.21. The fourth-order valence-corrected chi connectivity index (χ4v) is 0.636. The Morgan fingerprint density at radius 1 is 1.58 bits per heavy atom. The number of alkyl halides is 3. The maximum Gasteiger partial charge on any atom is 0.389 e. The Kier molecular flexibility index (Phi) is 3.54.